The summed E-state index contributed by atoms with van der Waals surface area (Å²) in [4.78, 5) is 13.3. The van der Waals surface area contributed by atoms with E-state index in [1.807, 2.05) is 18.2 Å². The molecule has 3 N–H and O–H groups in total. The van der Waals surface area contributed by atoms with Crippen molar-refractivity contribution in [3.8, 4) is 11.4 Å². The lowest BCUT2D eigenvalue weighted by Crippen LogP contribution is -2.51. The van der Waals surface area contributed by atoms with Crippen molar-refractivity contribution in [2.75, 3.05) is 32.7 Å². The van der Waals surface area contributed by atoms with Crippen LogP contribution in [0.15, 0.2) is 30.3 Å². The Bertz CT molecular complexity index is 641. The van der Waals surface area contributed by atoms with Gasteiger partial charge >= 0.3 is 0 Å². The number of aryl methyl sites for hydroxylation is 1. The number of nitrogens with two attached hydrogens (primary N) is 1. The Kier molecular flexibility index (Phi) is 5.33. The third kappa shape index (κ3) is 3.53. The predicted molar refractivity (Wildman–Crippen MR) is 98.8 cm³/mol. The van der Waals surface area contributed by atoms with Crippen LogP contribution in [-0.2, 0) is 0 Å². The fourth-order valence-electron chi connectivity index (χ4n) is 3.53. The van der Waals surface area contributed by atoms with Gasteiger partial charge in [-0.2, -0.15) is 0 Å². The van der Waals surface area contributed by atoms with E-state index in [4.69, 9.17) is 10.7 Å². The van der Waals surface area contributed by atoms with Gasteiger partial charge in [0.1, 0.15) is 5.82 Å². The van der Waals surface area contributed by atoms with Crippen molar-refractivity contribution in [3.63, 3.8) is 0 Å². The topological polar surface area (TPSA) is 61.2 Å². The fraction of sp³-hybridized carbons (Fsp3) is 0.526. The molecule has 0 aliphatic carbocycles. The van der Waals surface area contributed by atoms with Crippen LogP contribution in [0.3, 0.4) is 0 Å². The molecule has 1 aliphatic heterocycles. The Hall–Kier alpha value is -1.69. The third-order valence-corrected chi connectivity index (χ3v) is 5.03. The summed E-state index contributed by atoms with van der Waals surface area (Å²) in [5.74, 6) is 0.933. The van der Waals surface area contributed by atoms with Crippen LogP contribution < -0.4 is 5.73 Å². The quantitative estimate of drug-likeness (QED) is 0.885. The van der Waals surface area contributed by atoms with E-state index in [-0.39, 0.29) is 6.04 Å². The summed E-state index contributed by atoms with van der Waals surface area (Å²) in [5, 5.41) is 0. The first kappa shape index (κ1) is 17.1. The molecule has 0 saturated carbocycles. The zero-order chi connectivity index (χ0) is 17.1. The maximum absolute atomic E-state index is 6.14. The summed E-state index contributed by atoms with van der Waals surface area (Å²) in [6, 6.07) is 11.1. The lowest BCUT2D eigenvalue weighted by Gasteiger charge is -2.40. The number of imidazole rings is 1. The molecule has 1 aromatic carbocycles. The van der Waals surface area contributed by atoms with Gasteiger partial charge in [0.2, 0.25) is 0 Å². The van der Waals surface area contributed by atoms with Gasteiger partial charge in [-0.1, -0.05) is 30.3 Å². The third-order valence-electron chi connectivity index (χ3n) is 5.03. The van der Waals surface area contributed by atoms with Crippen LogP contribution in [0.4, 0.5) is 0 Å². The van der Waals surface area contributed by atoms with E-state index in [9.17, 15) is 0 Å². The van der Waals surface area contributed by atoms with Gasteiger partial charge in [0.15, 0.2) is 0 Å². The molecule has 130 valence electrons. The number of aromatic amines is 1. The van der Waals surface area contributed by atoms with E-state index in [1.54, 1.807) is 0 Å². The van der Waals surface area contributed by atoms with Crippen LogP contribution in [0, 0.1) is 6.92 Å². The van der Waals surface area contributed by atoms with E-state index in [2.05, 4.69) is 47.7 Å². The Morgan fingerprint density at radius 3 is 2.29 bits per heavy atom. The lowest BCUT2D eigenvalue weighted by atomic mass is 10.1. The maximum Gasteiger partial charge on any atom is 0.137 e. The number of nitrogens with zero attached hydrogens (tertiary/aromatic N) is 3. The van der Waals surface area contributed by atoms with Crippen molar-refractivity contribution in [2.24, 2.45) is 5.73 Å². The molecular weight excluding hydrogens is 298 g/mol. The molecule has 1 saturated heterocycles. The molecule has 0 amide bonds. The Labute approximate surface area is 144 Å². The molecule has 5 heteroatoms. The summed E-state index contributed by atoms with van der Waals surface area (Å²) >= 11 is 0. The average Bonchev–Trinajstić information content (AvgIpc) is 2.99. The van der Waals surface area contributed by atoms with Crippen molar-refractivity contribution in [1.82, 2.24) is 19.8 Å². The highest BCUT2D eigenvalue weighted by Gasteiger charge is 2.28. The zero-order valence-corrected chi connectivity index (χ0v) is 15.0. The van der Waals surface area contributed by atoms with Crippen molar-refractivity contribution >= 4 is 0 Å². The number of H-pyrrole nitrogens is 1. The van der Waals surface area contributed by atoms with Crippen LogP contribution in [0.25, 0.3) is 11.4 Å². The second-order valence-electron chi connectivity index (χ2n) is 6.88. The van der Waals surface area contributed by atoms with Gasteiger partial charge in [-0.25, -0.2) is 4.98 Å². The first-order valence-electron chi connectivity index (χ1n) is 8.90. The van der Waals surface area contributed by atoms with Crippen LogP contribution in [0.2, 0.25) is 0 Å². The predicted octanol–water partition coefficient (Wildman–Crippen LogP) is 2.41. The molecule has 1 fully saturated rings. The normalized spacial score (nSPS) is 18.2. The van der Waals surface area contributed by atoms with Gasteiger partial charge < -0.3 is 10.7 Å². The van der Waals surface area contributed by atoms with Gasteiger partial charge in [0.05, 0.1) is 11.7 Å². The van der Waals surface area contributed by atoms with Gasteiger partial charge in [-0.15, -0.1) is 0 Å². The molecule has 1 aliphatic rings. The zero-order valence-electron chi connectivity index (χ0n) is 15.0. The summed E-state index contributed by atoms with van der Waals surface area (Å²) in [7, 11) is 0. The van der Waals surface area contributed by atoms with Crippen LogP contribution in [0.1, 0.15) is 31.3 Å². The minimum atomic E-state index is 0.188. The van der Waals surface area contributed by atoms with Crippen molar-refractivity contribution in [2.45, 2.75) is 32.9 Å². The number of benzene rings is 1. The number of hydrogen-bond acceptors (Lipinski definition) is 4. The van der Waals surface area contributed by atoms with E-state index in [0.717, 1.165) is 49.0 Å². The number of hydrogen-bond donors (Lipinski definition) is 2. The van der Waals surface area contributed by atoms with Gasteiger partial charge in [0.25, 0.3) is 0 Å². The number of aromatic nitrogens is 2. The molecule has 1 unspecified atom stereocenters. The summed E-state index contributed by atoms with van der Waals surface area (Å²) in [6.07, 6.45) is 0. The van der Waals surface area contributed by atoms with E-state index in [1.165, 1.54) is 0 Å². The van der Waals surface area contributed by atoms with Gasteiger partial charge in [0, 0.05) is 50.0 Å². The van der Waals surface area contributed by atoms with E-state index < -0.39 is 0 Å². The lowest BCUT2D eigenvalue weighted by molar-refractivity contribution is 0.0789. The molecule has 2 heterocycles. The minimum Gasteiger partial charge on any atom is -0.342 e. The molecular formula is C19H29N5. The van der Waals surface area contributed by atoms with Crippen LogP contribution in [-0.4, -0.2) is 58.5 Å². The summed E-state index contributed by atoms with van der Waals surface area (Å²) in [6.45, 7) is 11.5. The molecule has 0 bridgehead atoms. The van der Waals surface area contributed by atoms with Crippen molar-refractivity contribution in [3.05, 3.63) is 41.7 Å². The van der Waals surface area contributed by atoms with Gasteiger partial charge in [-0.3, -0.25) is 9.80 Å². The standard InChI is InChI=1S/C19H29N5/c1-14(2)23-9-11-24(12-10-23)17(13-20)18-15(3)21-19(22-18)16-7-5-4-6-8-16/h4-8,14,17H,9-13,20H2,1-3H3,(H,21,22). The second-order valence-corrected chi connectivity index (χ2v) is 6.88. The molecule has 0 radical (unpaired) electrons. The van der Waals surface area contributed by atoms with Crippen molar-refractivity contribution in [1.29, 1.82) is 0 Å². The molecule has 1 atom stereocenters. The monoisotopic (exact) mass is 327 g/mol. The highest BCUT2D eigenvalue weighted by Crippen LogP contribution is 2.26. The second kappa shape index (κ2) is 7.47. The summed E-state index contributed by atoms with van der Waals surface area (Å²) < 4.78 is 0. The molecule has 5 nitrogen and oxygen atoms in total. The maximum atomic E-state index is 6.14. The molecule has 2 aromatic rings. The number of rotatable bonds is 5. The number of piperazine rings is 1. The average molecular weight is 327 g/mol. The molecule has 3 rings (SSSR count). The van der Waals surface area contributed by atoms with Crippen LogP contribution >= 0.6 is 0 Å². The molecule has 1 aromatic heterocycles. The number of nitrogens with one attached hydrogen (secondary N) is 1. The Balaban J connectivity index is 1.78. The summed E-state index contributed by atoms with van der Waals surface area (Å²) in [5.41, 5.74) is 9.47. The first-order valence-corrected chi connectivity index (χ1v) is 8.90. The molecule has 24 heavy (non-hydrogen) atoms. The van der Waals surface area contributed by atoms with Gasteiger partial charge in [-0.05, 0) is 20.8 Å². The van der Waals surface area contributed by atoms with Crippen LogP contribution in [0.5, 0.6) is 0 Å². The van der Waals surface area contributed by atoms with E-state index >= 15 is 0 Å². The minimum absolute atomic E-state index is 0.188. The SMILES string of the molecule is Cc1[nH]c(-c2ccccc2)nc1C(CN)N1CCN(C(C)C)CC1. The smallest absolute Gasteiger partial charge is 0.137 e. The first-order chi connectivity index (χ1) is 11.6. The fourth-order valence-corrected chi connectivity index (χ4v) is 3.53. The largest absolute Gasteiger partial charge is 0.342 e. The van der Waals surface area contributed by atoms with Crippen molar-refractivity contribution < 1.29 is 0 Å². The Morgan fingerprint density at radius 2 is 1.71 bits per heavy atom. The molecule has 0 spiro atoms. The van der Waals surface area contributed by atoms with E-state index in [0.29, 0.717) is 12.6 Å². The highest BCUT2D eigenvalue weighted by molar-refractivity contribution is 5.55. The Morgan fingerprint density at radius 1 is 1.08 bits per heavy atom. The highest BCUT2D eigenvalue weighted by atomic mass is 15.3.